The van der Waals surface area contributed by atoms with Crippen LogP contribution in [0.5, 0.6) is 5.75 Å². The lowest BCUT2D eigenvalue weighted by Gasteiger charge is -2.13. The zero-order valence-electron chi connectivity index (χ0n) is 21.8. The number of thiophene rings is 1. The van der Waals surface area contributed by atoms with Crippen molar-refractivity contribution in [3.05, 3.63) is 86.9 Å². The van der Waals surface area contributed by atoms with Gasteiger partial charge in [-0.15, -0.1) is 11.3 Å². The van der Waals surface area contributed by atoms with E-state index in [4.69, 9.17) is 14.2 Å². The molecule has 0 unspecified atom stereocenters. The Balaban J connectivity index is 1.98. The molecule has 7 nitrogen and oxygen atoms in total. The standard InChI is InChI=1S/C29H24FI2NO6S/c1-4-37-28(35)25-16(3)27(29(36)38-5-2)40-24(25)13-23(34)19(14-33)10-18-11-20(31)12-22(32)26(18)39-15-17-8-6-7-9-21(17)30/h6-12H,4-5,13,15H2,1-3H3/b19-10+. The predicted molar refractivity (Wildman–Crippen MR) is 166 cm³/mol. The van der Waals surface area contributed by atoms with Gasteiger partial charge in [-0.05, 0) is 95.8 Å². The number of allylic oxidation sites excluding steroid dienone is 1. The number of ketones is 1. The monoisotopic (exact) mass is 787 g/mol. The number of esters is 2. The molecule has 1 aromatic heterocycles. The Hall–Kier alpha value is -2.83. The first-order valence-corrected chi connectivity index (χ1v) is 15.0. The van der Waals surface area contributed by atoms with Gasteiger partial charge in [-0.1, -0.05) is 18.2 Å². The van der Waals surface area contributed by atoms with Gasteiger partial charge in [-0.3, -0.25) is 4.79 Å². The number of halogens is 3. The Morgan fingerprint density at radius 3 is 2.40 bits per heavy atom. The van der Waals surface area contributed by atoms with E-state index in [1.165, 1.54) is 12.1 Å². The summed E-state index contributed by atoms with van der Waals surface area (Å²) in [6, 6.07) is 11.8. The molecule has 0 fully saturated rings. The van der Waals surface area contributed by atoms with Crippen molar-refractivity contribution in [2.24, 2.45) is 0 Å². The van der Waals surface area contributed by atoms with Crippen LogP contribution in [0.2, 0.25) is 0 Å². The van der Waals surface area contributed by atoms with Gasteiger partial charge < -0.3 is 14.2 Å². The third kappa shape index (κ3) is 7.67. The van der Waals surface area contributed by atoms with E-state index in [2.05, 4.69) is 45.2 Å². The van der Waals surface area contributed by atoms with Crippen molar-refractivity contribution in [3.8, 4) is 11.8 Å². The highest BCUT2D eigenvalue weighted by Crippen LogP contribution is 2.33. The minimum atomic E-state index is -0.659. The van der Waals surface area contributed by atoms with Crippen molar-refractivity contribution in [1.82, 2.24) is 0 Å². The van der Waals surface area contributed by atoms with Crippen molar-refractivity contribution in [1.29, 1.82) is 5.26 Å². The smallest absolute Gasteiger partial charge is 0.348 e. The molecular weight excluding hydrogens is 763 g/mol. The van der Waals surface area contributed by atoms with E-state index in [1.807, 2.05) is 12.1 Å². The minimum Gasteiger partial charge on any atom is -0.487 e. The Kier molecular flexibility index (Phi) is 11.6. The number of ether oxygens (including phenoxy) is 3. The number of rotatable bonds is 11. The number of nitrogens with zero attached hydrogens (tertiary/aromatic N) is 1. The average Bonchev–Trinajstić information content (AvgIpc) is 3.23. The number of carbonyl (C=O) groups is 3. The second kappa shape index (κ2) is 14.7. The molecule has 0 aliphatic heterocycles. The summed E-state index contributed by atoms with van der Waals surface area (Å²) in [6.45, 7) is 5.13. The lowest BCUT2D eigenvalue weighted by molar-refractivity contribution is -0.114. The van der Waals surface area contributed by atoms with Crippen LogP contribution >= 0.6 is 56.5 Å². The maximum atomic E-state index is 14.2. The summed E-state index contributed by atoms with van der Waals surface area (Å²) in [5.41, 5.74) is 1.14. The average molecular weight is 787 g/mol. The summed E-state index contributed by atoms with van der Waals surface area (Å²) in [4.78, 5) is 39.0. The maximum absolute atomic E-state index is 14.2. The highest BCUT2D eigenvalue weighted by molar-refractivity contribution is 14.1. The third-order valence-electron chi connectivity index (χ3n) is 5.57. The lowest BCUT2D eigenvalue weighted by Crippen LogP contribution is -2.12. The second-order valence-corrected chi connectivity index (χ2v) is 11.8. The highest BCUT2D eigenvalue weighted by Gasteiger charge is 2.28. The number of benzene rings is 2. The van der Waals surface area contributed by atoms with E-state index < -0.39 is 23.5 Å². The fraction of sp³-hybridized carbons (Fsp3) is 0.241. The number of carbonyl (C=O) groups excluding carboxylic acids is 3. The summed E-state index contributed by atoms with van der Waals surface area (Å²) in [7, 11) is 0. The molecule has 40 heavy (non-hydrogen) atoms. The highest BCUT2D eigenvalue weighted by atomic mass is 127. The third-order valence-corrected chi connectivity index (χ3v) is 8.26. The predicted octanol–water partition coefficient (Wildman–Crippen LogP) is 7.06. The van der Waals surface area contributed by atoms with Gasteiger partial charge in [0, 0.05) is 26.0 Å². The molecule has 0 amide bonds. The normalized spacial score (nSPS) is 11.1. The summed E-state index contributed by atoms with van der Waals surface area (Å²) < 4.78 is 31.9. The lowest BCUT2D eigenvalue weighted by atomic mass is 10.0. The van der Waals surface area contributed by atoms with Crippen molar-refractivity contribution >= 4 is 80.3 Å². The number of hydrogen-bond acceptors (Lipinski definition) is 8. The molecule has 208 valence electrons. The van der Waals surface area contributed by atoms with Gasteiger partial charge in [0.1, 0.15) is 29.1 Å². The topological polar surface area (TPSA) is 103 Å². The van der Waals surface area contributed by atoms with Crippen LogP contribution in [0.4, 0.5) is 4.39 Å². The van der Waals surface area contributed by atoms with Gasteiger partial charge in [0.25, 0.3) is 0 Å². The zero-order chi connectivity index (χ0) is 29.4. The van der Waals surface area contributed by atoms with Gasteiger partial charge in [-0.25, -0.2) is 14.0 Å². The van der Waals surface area contributed by atoms with Gasteiger partial charge in [-0.2, -0.15) is 5.26 Å². The van der Waals surface area contributed by atoms with Gasteiger partial charge in [0.05, 0.1) is 27.9 Å². The molecule has 0 spiro atoms. The quantitative estimate of drug-likeness (QED) is 0.0889. The molecule has 3 aromatic rings. The van der Waals surface area contributed by atoms with Gasteiger partial charge in [0.15, 0.2) is 5.78 Å². The molecule has 0 bridgehead atoms. The number of hydrogen-bond donors (Lipinski definition) is 0. The van der Waals surface area contributed by atoms with Crippen LogP contribution < -0.4 is 4.74 Å². The summed E-state index contributed by atoms with van der Waals surface area (Å²) in [5.74, 6) is -1.82. The largest absolute Gasteiger partial charge is 0.487 e. The molecular formula is C29H24FI2NO6S. The van der Waals surface area contributed by atoms with Crippen LogP contribution in [0.1, 0.15) is 55.4 Å². The molecule has 0 N–H and O–H groups in total. The first kappa shape index (κ1) is 31.7. The van der Waals surface area contributed by atoms with Crippen LogP contribution in [0.25, 0.3) is 6.08 Å². The zero-order valence-corrected chi connectivity index (χ0v) is 26.9. The molecule has 11 heteroatoms. The molecule has 0 aliphatic carbocycles. The van der Waals surface area contributed by atoms with Crippen LogP contribution in [0.15, 0.2) is 42.0 Å². The molecule has 0 saturated carbocycles. The summed E-state index contributed by atoms with van der Waals surface area (Å²) in [5, 5.41) is 9.89. The van der Waals surface area contributed by atoms with E-state index in [0.29, 0.717) is 27.3 Å². The fourth-order valence-electron chi connectivity index (χ4n) is 3.74. The Morgan fingerprint density at radius 1 is 1.07 bits per heavy atom. The fourth-order valence-corrected chi connectivity index (χ4v) is 6.97. The van der Waals surface area contributed by atoms with E-state index in [0.717, 1.165) is 18.5 Å². The van der Waals surface area contributed by atoms with Crippen LogP contribution in [0, 0.1) is 31.2 Å². The maximum Gasteiger partial charge on any atom is 0.348 e. The van der Waals surface area contributed by atoms with E-state index >= 15 is 0 Å². The minimum absolute atomic E-state index is 0.0477. The van der Waals surface area contributed by atoms with Gasteiger partial charge >= 0.3 is 11.9 Å². The summed E-state index contributed by atoms with van der Waals surface area (Å²) in [6.07, 6.45) is 1.12. The SMILES string of the molecule is CCOC(=O)c1sc(CC(=O)/C(C#N)=C/c2cc(I)cc(I)c2OCc2ccccc2F)c(C(=O)OCC)c1C. The van der Waals surface area contributed by atoms with E-state index in [9.17, 15) is 24.0 Å². The Labute approximate surface area is 262 Å². The van der Waals surface area contributed by atoms with Crippen molar-refractivity contribution < 1.29 is 33.0 Å². The van der Waals surface area contributed by atoms with Crippen molar-refractivity contribution in [3.63, 3.8) is 0 Å². The number of Topliss-reactive ketones (excluding diaryl/α,β-unsaturated/α-hetero) is 1. The number of nitriles is 1. The van der Waals surface area contributed by atoms with Crippen LogP contribution in [0.3, 0.4) is 0 Å². The first-order valence-electron chi connectivity index (χ1n) is 12.1. The molecule has 2 aromatic carbocycles. The van der Waals surface area contributed by atoms with Crippen molar-refractivity contribution in [2.75, 3.05) is 13.2 Å². The van der Waals surface area contributed by atoms with Crippen LogP contribution in [-0.4, -0.2) is 30.9 Å². The van der Waals surface area contributed by atoms with Crippen LogP contribution in [-0.2, 0) is 27.3 Å². The molecule has 1 heterocycles. The molecule has 0 saturated heterocycles. The van der Waals surface area contributed by atoms with E-state index in [1.54, 1.807) is 45.0 Å². The second-order valence-electron chi connectivity index (χ2n) is 8.25. The molecule has 3 rings (SSSR count). The van der Waals surface area contributed by atoms with Gasteiger partial charge in [0.2, 0.25) is 0 Å². The molecule has 0 aliphatic rings. The first-order chi connectivity index (χ1) is 19.1. The molecule has 0 atom stereocenters. The Bertz CT molecular complexity index is 1530. The summed E-state index contributed by atoms with van der Waals surface area (Å²) >= 11 is 5.17. The Morgan fingerprint density at radius 2 is 1.75 bits per heavy atom. The van der Waals surface area contributed by atoms with E-state index in [-0.39, 0.29) is 42.3 Å². The molecule has 0 radical (unpaired) electrons. The van der Waals surface area contributed by atoms with Crippen molar-refractivity contribution in [2.45, 2.75) is 33.8 Å².